The van der Waals surface area contributed by atoms with Crippen LogP contribution in [0.3, 0.4) is 0 Å². The molecule has 110 valence electrons. The molecule has 0 radical (unpaired) electrons. The Hall–Kier alpha value is -1.43. The van der Waals surface area contributed by atoms with Crippen LogP contribution in [-0.2, 0) is 0 Å². The maximum atomic E-state index is 12.3. The minimum atomic E-state index is -0.378. The summed E-state index contributed by atoms with van der Waals surface area (Å²) in [6.07, 6.45) is 0. The van der Waals surface area contributed by atoms with E-state index in [0.717, 1.165) is 4.47 Å². The van der Waals surface area contributed by atoms with Crippen LogP contribution in [0.15, 0.2) is 34.8 Å². The summed E-state index contributed by atoms with van der Waals surface area (Å²) in [4.78, 5) is 12.3. The number of carbonyl (C=O) groups excluding carboxylic acids is 1. The van der Waals surface area contributed by atoms with Crippen LogP contribution < -0.4 is 10.1 Å². The van der Waals surface area contributed by atoms with Crippen molar-refractivity contribution in [1.82, 2.24) is 0 Å². The summed E-state index contributed by atoms with van der Waals surface area (Å²) < 4.78 is 5.97. The first kappa shape index (κ1) is 15.9. The van der Waals surface area contributed by atoms with Gasteiger partial charge in [-0.15, -0.1) is 0 Å². The Morgan fingerprint density at radius 2 is 1.86 bits per heavy atom. The summed E-state index contributed by atoms with van der Waals surface area (Å²) in [7, 11) is 1.48. The van der Waals surface area contributed by atoms with Crippen molar-refractivity contribution in [3.05, 3.63) is 50.4 Å². The minimum absolute atomic E-state index is 0.0561. The highest BCUT2D eigenvalue weighted by molar-refractivity contribution is 9.10. The summed E-state index contributed by atoms with van der Waals surface area (Å²) in [5, 5.41) is 12.3. The van der Waals surface area contributed by atoms with E-state index in [2.05, 4.69) is 21.2 Å². The van der Waals surface area contributed by atoms with Gasteiger partial charge in [-0.25, -0.2) is 0 Å². The second kappa shape index (κ2) is 6.56. The number of nitrogens with one attached hydrogen (secondary N) is 1. The second-order valence-corrected chi connectivity index (χ2v) is 5.82. The van der Waals surface area contributed by atoms with Gasteiger partial charge in [0.15, 0.2) is 5.75 Å². The number of amides is 1. The number of phenols is 1. The molecule has 0 aromatic heterocycles. The molecule has 0 saturated heterocycles. The molecule has 0 bridgehead atoms. The van der Waals surface area contributed by atoms with Gasteiger partial charge in [-0.05, 0) is 30.3 Å². The van der Waals surface area contributed by atoms with Crippen LogP contribution in [-0.4, -0.2) is 18.1 Å². The molecule has 1 amide bonds. The Bertz CT molecular complexity index is 684. The van der Waals surface area contributed by atoms with Gasteiger partial charge in [-0.1, -0.05) is 39.1 Å². The standard InChI is InChI=1S/C14H10BrCl2NO3/c1-21-12-4-7(15)2-3-9(12)14(20)18-8-5-10(16)13(19)11(17)6-8/h2-6,19H,1H3,(H,18,20). The van der Waals surface area contributed by atoms with Gasteiger partial charge in [0.05, 0.1) is 22.7 Å². The fourth-order valence-corrected chi connectivity index (χ4v) is 2.52. The summed E-state index contributed by atoms with van der Waals surface area (Å²) >= 11 is 14.9. The third-order valence-corrected chi connectivity index (χ3v) is 3.75. The van der Waals surface area contributed by atoms with E-state index in [4.69, 9.17) is 27.9 Å². The van der Waals surface area contributed by atoms with Gasteiger partial charge in [-0.3, -0.25) is 4.79 Å². The monoisotopic (exact) mass is 389 g/mol. The van der Waals surface area contributed by atoms with Crippen LogP contribution in [0, 0.1) is 0 Å². The Morgan fingerprint density at radius 3 is 2.43 bits per heavy atom. The lowest BCUT2D eigenvalue weighted by molar-refractivity contribution is 0.102. The molecule has 2 aromatic rings. The topological polar surface area (TPSA) is 58.6 Å². The average Bonchev–Trinajstić information content (AvgIpc) is 2.44. The second-order valence-electron chi connectivity index (χ2n) is 4.09. The molecular weight excluding hydrogens is 381 g/mol. The van der Waals surface area contributed by atoms with E-state index in [-0.39, 0.29) is 21.7 Å². The summed E-state index contributed by atoms with van der Waals surface area (Å²) in [5.74, 6) is -0.174. The summed E-state index contributed by atoms with van der Waals surface area (Å²) in [6.45, 7) is 0. The SMILES string of the molecule is COc1cc(Br)ccc1C(=O)Nc1cc(Cl)c(O)c(Cl)c1. The molecule has 2 rings (SSSR count). The molecule has 4 nitrogen and oxygen atoms in total. The molecule has 0 saturated carbocycles. The minimum Gasteiger partial charge on any atom is -0.505 e. The summed E-state index contributed by atoms with van der Waals surface area (Å²) in [5.41, 5.74) is 0.735. The number of anilines is 1. The Morgan fingerprint density at radius 1 is 1.24 bits per heavy atom. The van der Waals surface area contributed by atoms with Crippen LogP contribution in [0.1, 0.15) is 10.4 Å². The van der Waals surface area contributed by atoms with Crippen molar-refractivity contribution in [3.8, 4) is 11.5 Å². The molecule has 0 aliphatic heterocycles. The molecule has 0 spiro atoms. The first-order chi connectivity index (χ1) is 9.92. The van der Waals surface area contributed by atoms with Gasteiger partial charge < -0.3 is 15.2 Å². The number of rotatable bonds is 3. The van der Waals surface area contributed by atoms with E-state index in [1.54, 1.807) is 18.2 Å². The fourth-order valence-electron chi connectivity index (χ4n) is 1.69. The van der Waals surface area contributed by atoms with Gasteiger partial charge in [0.2, 0.25) is 0 Å². The highest BCUT2D eigenvalue weighted by atomic mass is 79.9. The molecule has 0 aliphatic rings. The number of methoxy groups -OCH3 is 1. The Kier molecular flexibility index (Phi) is 4.98. The van der Waals surface area contributed by atoms with Crippen molar-refractivity contribution in [2.75, 3.05) is 12.4 Å². The van der Waals surface area contributed by atoms with Crippen LogP contribution in [0.4, 0.5) is 5.69 Å². The fraction of sp³-hybridized carbons (Fsp3) is 0.0714. The predicted molar refractivity (Wildman–Crippen MR) is 86.8 cm³/mol. The number of ether oxygens (including phenoxy) is 1. The van der Waals surface area contributed by atoms with E-state index in [1.807, 2.05) is 0 Å². The average molecular weight is 391 g/mol. The molecule has 0 heterocycles. The maximum Gasteiger partial charge on any atom is 0.259 e. The van der Waals surface area contributed by atoms with Gasteiger partial charge >= 0.3 is 0 Å². The van der Waals surface area contributed by atoms with Crippen LogP contribution in [0.25, 0.3) is 0 Å². The van der Waals surface area contributed by atoms with Crippen molar-refractivity contribution in [2.24, 2.45) is 0 Å². The van der Waals surface area contributed by atoms with Crippen molar-refractivity contribution in [1.29, 1.82) is 0 Å². The number of phenolic OH excluding ortho intramolecular Hbond substituents is 1. The zero-order valence-electron chi connectivity index (χ0n) is 10.8. The molecule has 0 aliphatic carbocycles. The zero-order chi connectivity index (χ0) is 15.6. The third kappa shape index (κ3) is 3.61. The van der Waals surface area contributed by atoms with Crippen LogP contribution in [0.2, 0.25) is 10.0 Å². The Labute approximate surface area is 139 Å². The lowest BCUT2D eigenvalue weighted by Gasteiger charge is -2.11. The zero-order valence-corrected chi connectivity index (χ0v) is 13.9. The normalized spacial score (nSPS) is 10.3. The van der Waals surface area contributed by atoms with E-state index in [9.17, 15) is 9.90 Å². The number of halogens is 3. The molecule has 21 heavy (non-hydrogen) atoms. The van der Waals surface area contributed by atoms with E-state index in [0.29, 0.717) is 17.0 Å². The lowest BCUT2D eigenvalue weighted by Crippen LogP contribution is -2.13. The molecule has 7 heteroatoms. The molecule has 0 fully saturated rings. The van der Waals surface area contributed by atoms with Gasteiger partial charge in [0.1, 0.15) is 5.75 Å². The number of hydrogen-bond acceptors (Lipinski definition) is 3. The maximum absolute atomic E-state index is 12.3. The first-order valence-electron chi connectivity index (χ1n) is 5.75. The molecule has 0 atom stereocenters. The summed E-state index contributed by atoms with van der Waals surface area (Å²) in [6, 6.07) is 7.86. The number of hydrogen-bond donors (Lipinski definition) is 2. The van der Waals surface area contributed by atoms with E-state index >= 15 is 0 Å². The first-order valence-corrected chi connectivity index (χ1v) is 7.30. The molecular formula is C14H10BrCl2NO3. The molecule has 2 N–H and O–H groups in total. The van der Waals surface area contributed by atoms with Crippen molar-refractivity contribution in [2.45, 2.75) is 0 Å². The molecule has 0 unspecified atom stereocenters. The quantitative estimate of drug-likeness (QED) is 0.745. The number of carbonyl (C=O) groups is 1. The molecule has 2 aromatic carbocycles. The van der Waals surface area contributed by atoms with Crippen molar-refractivity contribution >= 4 is 50.7 Å². The van der Waals surface area contributed by atoms with Crippen LogP contribution in [0.5, 0.6) is 11.5 Å². The Balaban J connectivity index is 2.30. The van der Waals surface area contributed by atoms with Gasteiger partial charge in [-0.2, -0.15) is 0 Å². The third-order valence-electron chi connectivity index (χ3n) is 2.68. The van der Waals surface area contributed by atoms with Crippen molar-refractivity contribution in [3.63, 3.8) is 0 Å². The van der Waals surface area contributed by atoms with E-state index in [1.165, 1.54) is 19.2 Å². The largest absolute Gasteiger partial charge is 0.505 e. The predicted octanol–water partition coefficient (Wildman–Crippen LogP) is 4.72. The van der Waals surface area contributed by atoms with E-state index < -0.39 is 0 Å². The van der Waals surface area contributed by atoms with Crippen molar-refractivity contribution < 1.29 is 14.6 Å². The highest BCUT2D eigenvalue weighted by Gasteiger charge is 2.14. The van der Waals surface area contributed by atoms with Crippen LogP contribution >= 0.6 is 39.1 Å². The number of benzene rings is 2. The smallest absolute Gasteiger partial charge is 0.259 e. The number of aromatic hydroxyl groups is 1. The van der Waals surface area contributed by atoms with Gasteiger partial charge in [0.25, 0.3) is 5.91 Å². The lowest BCUT2D eigenvalue weighted by atomic mass is 10.2. The highest BCUT2D eigenvalue weighted by Crippen LogP contribution is 2.35. The van der Waals surface area contributed by atoms with Gasteiger partial charge in [0, 0.05) is 10.2 Å².